The standard InChI is InChI=1S/C3HCl2N3O3.Na.H/c4-7-1(9)6-2(10)8(5)3(7)11;;/h(H,6,9,10);;. The van der Waals surface area contributed by atoms with E-state index in [2.05, 4.69) is 0 Å². The molecule has 62 valence electrons. The molecular weight excluding hydrogens is 220 g/mol. The fourth-order valence-corrected chi connectivity index (χ4v) is 0.715. The summed E-state index contributed by atoms with van der Waals surface area (Å²) in [4.78, 5) is 33.4. The van der Waals surface area contributed by atoms with Crippen LogP contribution < -0.4 is 17.1 Å². The number of aromatic amines is 1. The van der Waals surface area contributed by atoms with Crippen LogP contribution in [0.5, 0.6) is 0 Å². The van der Waals surface area contributed by atoms with Gasteiger partial charge in [-0.25, -0.2) is 14.4 Å². The quantitative estimate of drug-likeness (QED) is 0.518. The number of halogens is 2. The Labute approximate surface area is 97.2 Å². The fraction of sp³-hybridized carbons (Fsp3) is 0. The van der Waals surface area contributed by atoms with Crippen molar-refractivity contribution in [3.05, 3.63) is 31.5 Å². The first-order chi connectivity index (χ1) is 5.04. The van der Waals surface area contributed by atoms with Gasteiger partial charge in [-0.15, -0.1) is 8.17 Å². The number of hydrogen-bond acceptors (Lipinski definition) is 3. The zero-order chi connectivity index (χ0) is 8.59. The van der Waals surface area contributed by atoms with Gasteiger partial charge in [-0.05, 0) is 0 Å². The van der Waals surface area contributed by atoms with Gasteiger partial charge in [0.25, 0.3) is 0 Å². The summed E-state index contributed by atoms with van der Waals surface area (Å²) < 4.78 is 0.322. The second-order valence-electron chi connectivity index (χ2n) is 1.58. The molecule has 0 amide bonds. The molecule has 1 aromatic heterocycles. The Kier molecular flexibility index (Phi) is 4.29. The van der Waals surface area contributed by atoms with Gasteiger partial charge < -0.3 is 0 Å². The monoisotopic (exact) mass is 221 g/mol. The zero-order valence-corrected chi connectivity index (χ0v) is 6.39. The van der Waals surface area contributed by atoms with Crippen molar-refractivity contribution in [2.45, 2.75) is 0 Å². The van der Waals surface area contributed by atoms with E-state index in [0.29, 0.717) is 0 Å². The number of nitrogens with zero attached hydrogens (tertiary/aromatic N) is 2. The summed E-state index contributed by atoms with van der Waals surface area (Å²) >= 11 is 10.1. The summed E-state index contributed by atoms with van der Waals surface area (Å²) in [5.41, 5.74) is -3.13. The molecule has 1 rings (SSSR count). The van der Waals surface area contributed by atoms with Crippen LogP contribution in [-0.2, 0) is 0 Å². The van der Waals surface area contributed by atoms with Gasteiger partial charge in [0.1, 0.15) is 0 Å². The molecule has 1 heterocycles. The number of hydrogen-bond donors (Lipinski definition) is 1. The average molecular weight is 222 g/mol. The Morgan fingerprint density at radius 3 is 1.67 bits per heavy atom. The molecule has 0 saturated heterocycles. The van der Waals surface area contributed by atoms with Crippen molar-refractivity contribution in [2.75, 3.05) is 0 Å². The van der Waals surface area contributed by atoms with Crippen molar-refractivity contribution in [2.24, 2.45) is 0 Å². The molecular formula is C3H2Cl2N3NaO3. The van der Waals surface area contributed by atoms with E-state index < -0.39 is 17.1 Å². The van der Waals surface area contributed by atoms with Gasteiger partial charge in [-0.3, -0.25) is 4.98 Å². The SMILES string of the molecule is O=c1[nH]c(=O)n(Cl)c(=O)n1Cl.[NaH]. The Balaban J connectivity index is 0.00000121. The predicted molar refractivity (Wildman–Crippen MR) is 45.2 cm³/mol. The Hall–Kier alpha value is -0.0100. The number of H-pyrrole nitrogens is 1. The van der Waals surface area contributed by atoms with E-state index in [1.165, 1.54) is 0 Å². The zero-order valence-electron chi connectivity index (χ0n) is 4.88. The molecule has 0 bridgehead atoms. The third-order valence-electron chi connectivity index (χ3n) is 0.906. The summed E-state index contributed by atoms with van der Waals surface area (Å²) in [5, 5.41) is 0. The van der Waals surface area contributed by atoms with Crippen LogP contribution in [0.3, 0.4) is 0 Å². The van der Waals surface area contributed by atoms with E-state index in [1.54, 1.807) is 4.98 Å². The minimum absolute atomic E-state index is 0. The van der Waals surface area contributed by atoms with Crippen molar-refractivity contribution in [3.63, 3.8) is 0 Å². The van der Waals surface area contributed by atoms with Crippen LogP contribution in [0.4, 0.5) is 0 Å². The van der Waals surface area contributed by atoms with Crippen molar-refractivity contribution >= 4 is 53.1 Å². The first-order valence-electron chi connectivity index (χ1n) is 2.34. The van der Waals surface area contributed by atoms with E-state index in [1.807, 2.05) is 0 Å². The maximum absolute atomic E-state index is 10.7. The van der Waals surface area contributed by atoms with Crippen molar-refractivity contribution in [1.82, 2.24) is 13.2 Å². The topological polar surface area (TPSA) is 76.9 Å². The molecule has 0 aliphatic rings. The van der Waals surface area contributed by atoms with Crippen LogP contribution in [0.25, 0.3) is 0 Å². The van der Waals surface area contributed by atoms with Crippen molar-refractivity contribution in [3.8, 4) is 0 Å². The normalized spacial score (nSPS) is 9.17. The first kappa shape index (κ1) is 12.0. The average Bonchev–Trinajstić information content (AvgIpc) is 1.97. The number of nitrogens with one attached hydrogen (secondary N) is 1. The molecule has 0 atom stereocenters. The number of aromatic nitrogens is 3. The van der Waals surface area contributed by atoms with Gasteiger partial charge in [0.05, 0.1) is 0 Å². The summed E-state index contributed by atoms with van der Waals surface area (Å²) in [6.07, 6.45) is 0. The third-order valence-corrected chi connectivity index (χ3v) is 1.50. The molecule has 0 aliphatic heterocycles. The Morgan fingerprint density at radius 1 is 1.00 bits per heavy atom. The molecule has 0 aromatic carbocycles. The van der Waals surface area contributed by atoms with Gasteiger partial charge in [0.2, 0.25) is 0 Å². The predicted octanol–water partition coefficient (Wildman–Crippen LogP) is -1.95. The summed E-state index contributed by atoms with van der Waals surface area (Å²) in [7, 11) is 0. The van der Waals surface area contributed by atoms with Crippen LogP contribution in [0.1, 0.15) is 0 Å². The van der Waals surface area contributed by atoms with E-state index >= 15 is 0 Å². The van der Waals surface area contributed by atoms with E-state index in [4.69, 9.17) is 23.6 Å². The van der Waals surface area contributed by atoms with Gasteiger partial charge in [0, 0.05) is 23.6 Å². The second kappa shape index (κ2) is 4.29. The van der Waals surface area contributed by atoms with Gasteiger partial charge in [-0.2, -0.15) is 0 Å². The molecule has 0 saturated carbocycles. The van der Waals surface area contributed by atoms with Gasteiger partial charge >= 0.3 is 46.6 Å². The van der Waals surface area contributed by atoms with E-state index in [0.717, 1.165) is 0 Å². The van der Waals surface area contributed by atoms with Crippen molar-refractivity contribution in [1.29, 1.82) is 0 Å². The molecule has 1 aromatic rings. The molecule has 6 nitrogen and oxygen atoms in total. The van der Waals surface area contributed by atoms with Crippen LogP contribution in [0.15, 0.2) is 14.4 Å². The van der Waals surface area contributed by atoms with Crippen LogP contribution in [0, 0.1) is 0 Å². The van der Waals surface area contributed by atoms with Crippen LogP contribution in [-0.4, -0.2) is 42.7 Å². The van der Waals surface area contributed by atoms with Gasteiger partial charge in [-0.1, -0.05) is 0 Å². The fourth-order valence-electron chi connectivity index (χ4n) is 0.440. The summed E-state index contributed by atoms with van der Waals surface area (Å²) in [5.74, 6) is 0. The van der Waals surface area contributed by atoms with Crippen LogP contribution >= 0.6 is 23.6 Å². The third kappa shape index (κ3) is 2.02. The molecule has 12 heavy (non-hydrogen) atoms. The summed E-state index contributed by atoms with van der Waals surface area (Å²) in [6.45, 7) is 0. The molecule has 0 unspecified atom stereocenters. The molecule has 0 aliphatic carbocycles. The Morgan fingerprint density at radius 2 is 1.33 bits per heavy atom. The molecule has 0 spiro atoms. The summed E-state index contributed by atoms with van der Waals surface area (Å²) in [6, 6.07) is 0. The first-order valence-corrected chi connectivity index (χ1v) is 3.02. The molecule has 9 heteroatoms. The van der Waals surface area contributed by atoms with Crippen molar-refractivity contribution < 1.29 is 0 Å². The van der Waals surface area contributed by atoms with Gasteiger partial charge in [0.15, 0.2) is 0 Å². The van der Waals surface area contributed by atoms with Crippen LogP contribution in [0.2, 0.25) is 0 Å². The maximum atomic E-state index is 10.7. The van der Waals surface area contributed by atoms with E-state index in [-0.39, 0.29) is 37.7 Å². The minimum atomic E-state index is -1.10. The molecule has 0 fully saturated rings. The number of rotatable bonds is 0. The molecule has 0 radical (unpaired) electrons. The Bertz CT molecular complexity index is 408. The van der Waals surface area contributed by atoms with E-state index in [9.17, 15) is 14.4 Å². The molecule has 1 N–H and O–H groups in total. The second-order valence-corrected chi connectivity index (χ2v) is 2.26.